The maximum absolute atomic E-state index is 12.4. The largest absolute Gasteiger partial charge is 0.516 e. The van der Waals surface area contributed by atoms with E-state index in [2.05, 4.69) is 11.1 Å². The van der Waals surface area contributed by atoms with E-state index in [1.54, 1.807) is 0 Å². The molecule has 0 saturated heterocycles. The number of terminal acetylenes is 1. The van der Waals surface area contributed by atoms with Crippen molar-refractivity contribution in [2.24, 2.45) is 5.16 Å². The van der Waals surface area contributed by atoms with E-state index in [4.69, 9.17) is 22.9 Å². The number of hydrogen-bond donors (Lipinski definition) is 1. The molecule has 0 saturated carbocycles. The van der Waals surface area contributed by atoms with Crippen LogP contribution in [0.1, 0.15) is 12.5 Å². The molecule has 0 heterocycles. The van der Waals surface area contributed by atoms with Crippen LogP contribution in [0, 0.1) is 12.3 Å². The molecule has 5 nitrogen and oxygen atoms in total. The van der Waals surface area contributed by atoms with Crippen LogP contribution in [-0.2, 0) is 14.9 Å². The fourth-order valence-electron chi connectivity index (χ4n) is 1.32. The maximum atomic E-state index is 12.4. The number of nitrogens with zero attached hydrogens (tertiary/aromatic N) is 1. The average Bonchev–Trinajstić information content (AvgIpc) is 2.39. The van der Waals surface area contributed by atoms with Gasteiger partial charge in [-0.2, -0.15) is 21.6 Å². The van der Waals surface area contributed by atoms with E-state index in [9.17, 15) is 21.6 Å². The van der Waals surface area contributed by atoms with Crippen molar-refractivity contribution >= 4 is 33.0 Å². The normalized spacial score (nSPS) is 12.6. The van der Waals surface area contributed by atoms with Crippen molar-refractivity contribution in [3.05, 3.63) is 28.8 Å². The number of hydrogen-bond acceptors (Lipinski definition) is 4. The van der Waals surface area contributed by atoms with E-state index in [0.29, 0.717) is 0 Å². The van der Waals surface area contributed by atoms with Crippen LogP contribution >= 0.6 is 11.6 Å². The molecule has 0 amide bonds. The van der Waals surface area contributed by atoms with E-state index < -0.39 is 15.5 Å². The highest BCUT2D eigenvalue weighted by molar-refractivity contribution is 7.93. The number of nitrogens with one attached hydrogen (secondary N) is 1. The van der Waals surface area contributed by atoms with Gasteiger partial charge < -0.3 is 4.84 Å². The summed E-state index contributed by atoms with van der Waals surface area (Å²) in [4.78, 5) is 4.70. The molecule has 0 spiro atoms. The first-order valence-corrected chi connectivity index (χ1v) is 7.43. The van der Waals surface area contributed by atoms with Gasteiger partial charge in [0.2, 0.25) is 0 Å². The number of alkyl halides is 3. The Morgan fingerprint density at radius 1 is 1.50 bits per heavy atom. The van der Waals surface area contributed by atoms with Gasteiger partial charge in [0.1, 0.15) is 0 Å². The molecule has 0 bridgehead atoms. The monoisotopic (exact) mass is 354 g/mol. The van der Waals surface area contributed by atoms with Crippen LogP contribution in [0.2, 0.25) is 5.02 Å². The molecule has 0 atom stereocenters. The Kier molecular flexibility index (Phi) is 5.68. The molecule has 0 radical (unpaired) electrons. The number of rotatable bonds is 5. The summed E-state index contributed by atoms with van der Waals surface area (Å²) in [5.41, 5.74) is -5.67. The molecule has 1 aromatic rings. The second-order valence-electron chi connectivity index (χ2n) is 3.90. The van der Waals surface area contributed by atoms with Crippen LogP contribution in [0.4, 0.5) is 18.9 Å². The molecular weight excluding hydrogens is 345 g/mol. The number of sulfonamides is 1. The van der Waals surface area contributed by atoms with Gasteiger partial charge in [-0.15, -0.1) is 6.42 Å². The molecule has 0 aromatic heterocycles. The minimum Gasteiger partial charge on any atom is -0.382 e. The SMILES string of the molecule is C#CCO/N=C(\C)c1cc(Cl)ccc1NS(=O)(=O)C(F)(F)F. The molecule has 22 heavy (non-hydrogen) atoms. The van der Waals surface area contributed by atoms with E-state index in [1.165, 1.54) is 23.8 Å². The quantitative estimate of drug-likeness (QED) is 0.382. The molecule has 0 aliphatic rings. The van der Waals surface area contributed by atoms with Crippen molar-refractivity contribution in [2.45, 2.75) is 12.4 Å². The smallest absolute Gasteiger partial charge is 0.382 e. The first-order chi connectivity index (χ1) is 10.1. The van der Waals surface area contributed by atoms with Gasteiger partial charge in [-0.3, -0.25) is 4.72 Å². The lowest BCUT2D eigenvalue weighted by Gasteiger charge is -2.14. The third-order valence-corrected chi connectivity index (χ3v) is 3.60. The van der Waals surface area contributed by atoms with Crippen molar-refractivity contribution < 1.29 is 26.4 Å². The highest BCUT2D eigenvalue weighted by Gasteiger charge is 2.46. The minimum atomic E-state index is -5.57. The zero-order chi connectivity index (χ0) is 17.0. The van der Waals surface area contributed by atoms with Crippen LogP contribution in [0.25, 0.3) is 0 Å². The van der Waals surface area contributed by atoms with Gasteiger partial charge in [-0.1, -0.05) is 22.7 Å². The predicted molar refractivity (Wildman–Crippen MR) is 77.0 cm³/mol. The van der Waals surface area contributed by atoms with E-state index in [0.717, 1.165) is 6.07 Å². The number of oxime groups is 1. The van der Waals surface area contributed by atoms with Crippen molar-refractivity contribution in [3.8, 4) is 12.3 Å². The zero-order valence-corrected chi connectivity index (χ0v) is 12.7. The van der Waals surface area contributed by atoms with Gasteiger partial charge in [0, 0.05) is 10.6 Å². The zero-order valence-electron chi connectivity index (χ0n) is 11.1. The van der Waals surface area contributed by atoms with Gasteiger partial charge in [0.05, 0.1) is 11.4 Å². The highest BCUT2D eigenvalue weighted by atomic mass is 35.5. The summed E-state index contributed by atoms with van der Waals surface area (Å²) >= 11 is 5.76. The summed E-state index contributed by atoms with van der Waals surface area (Å²) in [6.07, 6.45) is 4.96. The number of anilines is 1. The molecule has 1 aromatic carbocycles. The molecule has 0 aliphatic heterocycles. The number of benzene rings is 1. The molecule has 10 heteroatoms. The fraction of sp³-hybridized carbons (Fsp3) is 0.250. The predicted octanol–water partition coefficient (Wildman–Crippen LogP) is 2.98. The average molecular weight is 355 g/mol. The van der Waals surface area contributed by atoms with E-state index in [-0.39, 0.29) is 28.6 Å². The van der Waals surface area contributed by atoms with Crippen molar-refractivity contribution in [3.63, 3.8) is 0 Å². The summed E-state index contributed by atoms with van der Waals surface area (Å²) < 4.78 is 61.1. The van der Waals surface area contributed by atoms with Crippen molar-refractivity contribution in [1.82, 2.24) is 0 Å². The second kappa shape index (κ2) is 6.89. The van der Waals surface area contributed by atoms with Crippen LogP contribution in [0.5, 0.6) is 0 Å². The molecular formula is C12H10ClF3N2O3S. The first kappa shape index (κ1) is 18.1. The molecule has 0 aliphatic carbocycles. The summed E-state index contributed by atoms with van der Waals surface area (Å²) in [6.45, 7) is 1.25. The van der Waals surface area contributed by atoms with E-state index in [1.807, 2.05) is 0 Å². The third kappa shape index (κ3) is 4.54. The Morgan fingerprint density at radius 2 is 2.14 bits per heavy atom. The fourth-order valence-corrected chi connectivity index (χ4v) is 2.08. The van der Waals surface area contributed by atoms with Gasteiger partial charge in [0.25, 0.3) is 0 Å². The highest BCUT2D eigenvalue weighted by Crippen LogP contribution is 2.28. The first-order valence-electron chi connectivity index (χ1n) is 5.57. The molecule has 120 valence electrons. The topological polar surface area (TPSA) is 67.8 Å². The molecule has 0 fully saturated rings. The maximum Gasteiger partial charge on any atom is 0.516 e. The van der Waals surface area contributed by atoms with E-state index >= 15 is 0 Å². The Bertz CT molecular complexity index is 724. The Morgan fingerprint density at radius 3 is 2.68 bits per heavy atom. The van der Waals surface area contributed by atoms with Crippen LogP contribution < -0.4 is 4.72 Å². The Balaban J connectivity index is 3.23. The summed E-state index contributed by atoms with van der Waals surface area (Å²) in [5.74, 6) is 2.14. The van der Waals surface area contributed by atoms with Crippen LogP contribution in [-0.4, -0.2) is 26.2 Å². The van der Waals surface area contributed by atoms with Gasteiger partial charge >= 0.3 is 15.5 Å². The van der Waals surface area contributed by atoms with Gasteiger partial charge in [0.15, 0.2) is 6.61 Å². The summed E-state index contributed by atoms with van der Waals surface area (Å²) in [7, 11) is -5.57. The van der Waals surface area contributed by atoms with Crippen LogP contribution in [0.15, 0.2) is 23.4 Å². The molecule has 1 rings (SSSR count). The standard InChI is InChI=1S/C12H10ClF3N2O3S/c1-3-6-21-17-8(2)10-7-9(13)4-5-11(10)18-22(19,20)12(14,15)16/h1,4-5,7,18H,6H2,2H3/b17-8+. The summed E-state index contributed by atoms with van der Waals surface area (Å²) in [5, 5.41) is 3.75. The molecule has 1 N–H and O–H groups in total. The lowest BCUT2D eigenvalue weighted by molar-refractivity contribution is -0.0429. The lowest BCUT2D eigenvalue weighted by Crippen LogP contribution is -2.30. The number of halogens is 4. The van der Waals surface area contributed by atoms with Crippen molar-refractivity contribution in [2.75, 3.05) is 11.3 Å². The second-order valence-corrected chi connectivity index (χ2v) is 6.01. The third-order valence-electron chi connectivity index (χ3n) is 2.27. The van der Waals surface area contributed by atoms with Gasteiger partial charge in [-0.05, 0) is 25.1 Å². The van der Waals surface area contributed by atoms with Gasteiger partial charge in [-0.25, -0.2) is 0 Å². The lowest BCUT2D eigenvalue weighted by atomic mass is 10.1. The Labute approximate surface area is 130 Å². The van der Waals surface area contributed by atoms with Crippen LogP contribution in [0.3, 0.4) is 0 Å². The summed E-state index contributed by atoms with van der Waals surface area (Å²) in [6, 6.07) is 3.56. The Hall–Kier alpha value is -1.92. The minimum absolute atomic E-state index is 0.0253. The molecule has 0 unspecified atom stereocenters. The van der Waals surface area contributed by atoms with Crippen molar-refractivity contribution in [1.29, 1.82) is 0 Å².